The van der Waals surface area contributed by atoms with Crippen molar-refractivity contribution in [1.29, 1.82) is 0 Å². The molecule has 0 aliphatic rings. The summed E-state index contributed by atoms with van der Waals surface area (Å²) in [5.74, 6) is 0.378. The fraction of sp³-hybridized carbons (Fsp3) is 0.200. The van der Waals surface area contributed by atoms with E-state index in [4.69, 9.17) is 16.3 Å². The minimum atomic E-state index is -0.239. The highest BCUT2D eigenvalue weighted by Crippen LogP contribution is 2.36. The van der Waals surface area contributed by atoms with E-state index in [9.17, 15) is 4.39 Å². The lowest BCUT2D eigenvalue weighted by Crippen LogP contribution is -1.97. The molecule has 2 rings (SSSR count). The number of rotatable bonds is 3. The van der Waals surface area contributed by atoms with Crippen molar-refractivity contribution in [3.8, 4) is 5.75 Å². The first-order valence-corrected chi connectivity index (χ1v) is 7.06. The molecule has 0 bridgehead atoms. The lowest BCUT2D eigenvalue weighted by atomic mass is 10.0. The van der Waals surface area contributed by atoms with Gasteiger partial charge in [0.25, 0.3) is 0 Å². The minimum absolute atomic E-state index is 0.228. The third kappa shape index (κ3) is 3.10. The molecule has 0 radical (unpaired) electrons. The Kier molecular flexibility index (Phi) is 4.48. The van der Waals surface area contributed by atoms with Crippen molar-refractivity contribution in [2.75, 3.05) is 7.11 Å². The van der Waals surface area contributed by atoms with Crippen LogP contribution in [0.3, 0.4) is 0 Å². The van der Waals surface area contributed by atoms with Gasteiger partial charge in [0.2, 0.25) is 0 Å². The Morgan fingerprint density at radius 1 is 1.21 bits per heavy atom. The van der Waals surface area contributed by atoms with Crippen LogP contribution in [0, 0.1) is 12.7 Å². The van der Waals surface area contributed by atoms with Crippen molar-refractivity contribution >= 4 is 27.5 Å². The predicted molar refractivity (Wildman–Crippen MR) is 79.9 cm³/mol. The second-order valence-corrected chi connectivity index (χ2v) is 5.60. The zero-order valence-corrected chi connectivity index (χ0v) is 12.9. The van der Waals surface area contributed by atoms with E-state index in [0.29, 0.717) is 16.3 Å². The van der Waals surface area contributed by atoms with Gasteiger partial charge in [-0.2, -0.15) is 0 Å². The first-order chi connectivity index (χ1) is 9.02. The number of aryl methyl sites for hydroxylation is 1. The van der Waals surface area contributed by atoms with Crippen LogP contribution in [0.1, 0.15) is 21.5 Å². The summed E-state index contributed by atoms with van der Waals surface area (Å²) in [5.41, 5.74) is 2.37. The summed E-state index contributed by atoms with van der Waals surface area (Å²) in [6.45, 7) is 1.86. The number of alkyl halides is 1. The van der Waals surface area contributed by atoms with Gasteiger partial charge in [0.15, 0.2) is 0 Å². The van der Waals surface area contributed by atoms with Crippen LogP contribution in [0.15, 0.2) is 36.4 Å². The van der Waals surface area contributed by atoms with Crippen LogP contribution < -0.4 is 4.74 Å². The molecule has 0 heterocycles. The van der Waals surface area contributed by atoms with Crippen molar-refractivity contribution in [2.24, 2.45) is 0 Å². The predicted octanol–water partition coefficient (Wildman–Crippen LogP) is 5.28. The number of methoxy groups -OCH3 is 1. The highest BCUT2D eigenvalue weighted by molar-refractivity contribution is 9.09. The van der Waals surface area contributed by atoms with Crippen molar-refractivity contribution < 1.29 is 9.13 Å². The van der Waals surface area contributed by atoms with Crippen LogP contribution >= 0.6 is 27.5 Å². The molecular weight excluding hydrogens is 331 g/mol. The maximum Gasteiger partial charge on any atom is 0.137 e. The molecule has 100 valence electrons. The molecular formula is C15H13BrClFO. The van der Waals surface area contributed by atoms with Gasteiger partial charge >= 0.3 is 0 Å². The molecule has 0 saturated carbocycles. The number of benzene rings is 2. The first kappa shape index (κ1) is 14.4. The van der Waals surface area contributed by atoms with Gasteiger partial charge < -0.3 is 4.74 Å². The molecule has 0 aliphatic heterocycles. The zero-order valence-electron chi connectivity index (χ0n) is 10.6. The molecule has 0 N–H and O–H groups in total. The topological polar surface area (TPSA) is 9.23 Å². The van der Waals surface area contributed by atoms with Crippen LogP contribution in [0.25, 0.3) is 0 Å². The van der Waals surface area contributed by atoms with Gasteiger partial charge in [-0.15, -0.1) is 0 Å². The molecule has 0 amide bonds. The Hall–Kier alpha value is -1.06. The van der Waals surface area contributed by atoms with Crippen molar-refractivity contribution in [2.45, 2.75) is 11.8 Å². The van der Waals surface area contributed by atoms with Crippen molar-refractivity contribution in [3.05, 3.63) is 63.9 Å². The summed E-state index contributed by atoms with van der Waals surface area (Å²) in [4.78, 5) is -0.239. The Morgan fingerprint density at radius 2 is 1.95 bits per heavy atom. The van der Waals surface area contributed by atoms with Gasteiger partial charge in [0.05, 0.1) is 17.0 Å². The molecule has 2 aromatic carbocycles. The van der Waals surface area contributed by atoms with Crippen LogP contribution in [0.2, 0.25) is 5.02 Å². The van der Waals surface area contributed by atoms with E-state index in [2.05, 4.69) is 15.9 Å². The number of ether oxygens (including phenoxy) is 1. The monoisotopic (exact) mass is 342 g/mol. The minimum Gasteiger partial charge on any atom is -0.495 e. The van der Waals surface area contributed by atoms with Crippen LogP contribution in [0.4, 0.5) is 4.39 Å². The second-order valence-electron chi connectivity index (χ2n) is 4.28. The first-order valence-electron chi connectivity index (χ1n) is 5.76. The van der Waals surface area contributed by atoms with Gasteiger partial charge in [-0.1, -0.05) is 45.7 Å². The number of hydrogen-bond acceptors (Lipinski definition) is 1. The quantitative estimate of drug-likeness (QED) is 0.689. The van der Waals surface area contributed by atoms with Crippen molar-refractivity contribution in [1.82, 2.24) is 0 Å². The molecule has 1 atom stereocenters. The van der Waals surface area contributed by atoms with Crippen LogP contribution in [0.5, 0.6) is 5.75 Å². The van der Waals surface area contributed by atoms with E-state index in [1.165, 1.54) is 6.07 Å². The standard InChI is InChI=1S/C15H13BrClFO/c1-9-3-5-11(13(18)7-9)15(16)10-4-6-14(19-2)12(17)8-10/h3-8,15H,1-2H3. The van der Waals surface area contributed by atoms with E-state index < -0.39 is 0 Å². The smallest absolute Gasteiger partial charge is 0.137 e. The maximum atomic E-state index is 13.9. The van der Waals surface area contributed by atoms with Gasteiger partial charge in [0.1, 0.15) is 11.6 Å². The van der Waals surface area contributed by atoms with Gasteiger partial charge in [-0.3, -0.25) is 0 Å². The van der Waals surface area contributed by atoms with Gasteiger partial charge in [-0.25, -0.2) is 4.39 Å². The fourth-order valence-corrected chi connectivity index (χ4v) is 2.78. The van der Waals surface area contributed by atoms with Gasteiger partial charge in [-0.05, 0) is 36.2 Å². The molecule has 0 fully saturated rings. The average Bonchev–Trinajstić information content (AvgIpc) is 2.38. The van der Waals surface area contributed by atoms with Crippen LogP contribution in [-0.2, 0) is 0 Å². The summed E-state index contributed by atoms with van der Waals surface area (Å²) in [6, 6.07) is 10.6. The Bertz CT molecular complexity index is 601. The highest BCUT2D eigenvalue weighted by Gasteiger charge is 2.16. The molecule has 0 aliphatic carbocycles. The van der Waals surface area contributed by atoms with E-state index in [1.807, 2.05) is 19.1 Å². The zero-order chi connectivity index (χ0) is 14.0. The summed E-state index contributed by atoms with van der Waals surface area (Å²) in [7, 11) is 1.56. The molecule has 0 aromatic heterocycles. The SMILES string of the molecule is COc1ccc(C(Br)c2ccc(C)cc2F)cc1Cl. The largest absolute Gasteiger partial charge is 0.495 e. The molecule has 1 unspecified atom stereocenters. The van der Waals surface area contributed by atoms with Crippen LogP contribution in [-0.4, -0.2) is 7.11 Å². The Balaban J connectivity index is 2.38. The lowest BCUT2D eigenvalue weighted by Gasteiger charge is -2.13. The van der Waals surface area contributed by atoms with E-state index >= 15 is 0 Å². The van der Waals surface area contributed by atoms with E-state index in [1.54, 1.807) is 25.3 Å². The number of hydrogen-bond donors (Lipinski definition) is 0. The molecule has 4 heteroatoms. The fourth-order valence-electron chi connectivity index (χ4n) is 1.86. The lowest BCUT2D eigenvalue weighted by molar-refractivity contribution is 0.415. The van der Waals surface area contributed by atoms with Crippen molar-refractivity contribution in [3.63, 3.8) is 0 Å². The molecule has 19 heavy (non-hydrogen) atoms. The summed E-state index contributed by atoms with van der Waals surface area (Å²) in [6.07, 6.45) is 0. The normalized spacial score (nSPS) is 12.3. The molecule has 0 spiro atoms. The Morgan fingerprint density at radius 3 is 2.53 bits per heavy atom. The molecule has 1 nitrogen and oxygen atoms in total. The summed E-state index contributed by atoms with van der Waals surface area (Å²) in [5, 5.41) is 0.511. The third-order valence-corrected chi connectivity index (χ3v) is 4.21. The number of halogens is 3. The third-order valence-electron chi connectivity index (χ3n) is 2.90. The second kappa shape index (κ2) is 5.93. The average molecular weight is 344 g/mol. The summed E-state index contributed by atoms with van der Waals surface area (Å²) < 4.78 is 19.0. The molecule has 2 aromatic rings. The Labute approximate surface area is 125 Å². The summed E-state index contributed by atoms with van der Waals surface area (Å²) >= 11 is 9.60. The highest BCUT2D eigenvalue weighted by atomic mass is 79.9. The van der Waals surface area contributed by atoms with Gasteiger partial charge in [0, 0.05) is 5.56 Å². The van der Waals surface area contributed by atoms with E-state index in [0.717, 1.165) is 11.1 Å². The maximum absolute atomic E-state index is 13.9. The molecule has 0 saturated heterocycles. The van der Waals surface area contributed by atoms with E-state index in [-0.39, 0.29) is 10.6 Å².